The van der Waals surface area contributed by atoms with E-state index in [9.17, 15) is 0 Å². The molecule has 0 amide bonds. The average Bonchev–Trinajstić information content (AvgIpc) is 2.92. The first-order chi connectivity index (χ1) is 17.8. The molecular weight excluding hydrogens is 440 g/mol. The van der Waals surface area contributed by atoms with E-state index in [4.69, 9.17) is 9.47 Å². The molecule has 0 N–H and O–H groups in total. The molecule has 2 nitrogen and oxygen atoms in total. The quantitative estimate of drug-likeness (QED) is 0.187. The summed E-state index contributed by atoms with van der Waals surface area (Å²) in [5.41, 5.74) is 0. The highest BCUT2D eigenvalue weighted by Gasteiger charge is 2.22. The van der Waals surface area contributed by atoms with E-state index in [2.05, 4.69) is 38.1 Å². The van der Waals surface area contributed by atoms with E-state index in [0.717, 1.165) is 48.4 Å². The van der Waals surface area contributed by atoms with Crippen molar-refractivity contribution in [2.75, 3.05) is 13.2 Å². The summed E-state index contributed by atoms with van der Waals surface area (Å²) >= 11 is 0. The van der Waals surface area contributed by atoms with Crippen molar-refractivity contribution in [2.24, 2.45) is 23.7 Å². The molecule has 2 aliphatic rings. The molecule has 0 heterocycles. The summed E-state index contributed by atoms with van der Waals surface area (Å²) in [7, 11) is 0. The van der Waals surface area contributed by atoms with Crippen molar-refractivity contribution in [1.29, 1.82) is 0 Å². The lowest BCUT2D eigenvalue weighted by Gasteiger charge is -2.28. The largest absolute Gasteiger partial charge is 0.494 e. The fraction of sp³-hybridized carbons (Fsp3) is 0.824. The van der Waals surface area contributed by atoms with Gasteiger partial charge in [-0.2, -0.15) is 0 Å². The van der Waals surface area contributed by atoms with Gasteiger partial charge in [-0.05, 0) is 73.6 Å². The normalized spacial score (nSPS) is 24.5. The Bertz CT molecular complexity index is 638. The first kappa shape index (κ1) is 29.4. The van der Waals surface area contributed by atoms with E-state index in [1.807, 2.05) is 0 Å². The molecule has 3 rings (SSSR count). The van der Waals surface area contributed by atoms with Gasteiger partial charge in [0.05, 0.1) is 13.2 Å². The predicted molar refractivity (Wildman–Crippen MR) is 155 cm³/mol. The molecule has 2 heteroatoms. The third-order valence-electron chi connectivity index (χ3n) is 9.20. The van der Waals surface area contributed by atoms with E-state index in [0.29, 0.717) is 0 Å². The summed E-state index contributed by atoms with van der Waals surface area (Å²) in [5, 5.41) is 0. The number of hydrogen-bond donors (Lipinski definition) is 0. The second-order valence-corrected chi connectivity index (χ2v) is 12.2. The molecule has 1 aromatic rings. The lowest BCUT2D eigenvalue weighted by molar-refractivity contribution is 0.177. The number of benzene rings is 1. The Balaban J connectivity index is 1.19. The number of rotatable bonds is 18. The minimum Gasteiger partial charge on any atom is -0.494 e. The molecule has 0 radical (unpaired) electrons. The van der Waals surface area contributed by atoms with Crippen molar-refractivity contribution < 1.29 is 9.47 Å². The third-order valence-corrected chi connectivity index (χ3v) is 9.20. The Morgan fingerprint density at radius 2 is 0.917 bits per heavy atom. The molecule has 0 saturated heterocycles. The highest BCUT2D eigenvalue weighted by Crippen LogP contribution is 2.35. The van der Waals surface area contributed by atoms with Crippen molar-refractivity contribution >= 4 is 0 Å². The molecule has 0 atom stereocenters. The molecule has 2 fully saturated rings. The van der Waals surface area contributed by atoms with Gasteiger partial charge < -0.3 is 9.47 Å². The topological polar surface area (TPSA) is 18.5 Å². The molecule has 0 aromatic heterocycles. The number of hydrogen-bond acceptors (Lipinski definition) is 2. The Hall–Kier alpha value is -1.18. The van der Waals surface area contributed by atoms with Crippen molar-refractivity contribution in [3.05, 3.63) is 24.3 Å². The van der Waals surface area contributed by atoms with Crippen LogP contribution in [-0.4, -0.2) is 13.2 Å². The van der Waals surface area contributed by atoms with Gasteiger partial charge in [-0.15, -0.1) is 0 Å². The number of ether oxygens (including phenoxy) is 2. The van der Waals surface area contributed by atoms with Gasteiger partial charge in [-0.3, -0.25) is 0 Å². The molecule has 0 unspecified atom stereocenters. The second kappa shape index (κ2) is 18.1. The molecular formula is C34H58O2. The van der Waals surface area contributed by atoms with Crippen LogP contribution in [0.4, 0.5) is 0 Å². The van der Waals surface area contributed by atoms with E-state index >= 15 is 0 Å². The van der Waals surface area contributed by atoms with E-state index < -0.39 is 0 Å². The van der Waals surface area contributed by atoms with Crippen LogP contribution in [0.2, 0.25) is 0 Å². The minimum absolute atomic E-state index is 0.740. The van der Waals surface area contributed by atoms with E-state index in [1.165, 1.54) is 128 Å². The van der Waals surface area contributed by atoms with Crippen LogP contribution >= 0.6 is 0 Å². The Labute approximate surface area is 224 Å². The van der Waals surface area contributed by atoms with Crippen molar-refractivity contribution in [1.82, 2.24) is 0 Å². The van der Waals surface area contributed by atoms with Gasteiger partial charge in [0.25, 0.3) is 0 Å². The molecule has 36 heavy (non-hydrogen) atoms. The maximum absolute atomic E-state index is 6.15. The van der Waals surface area contributed by atoms with E-state index in [1.54, 1.807) is 0 Å². The summed E-state index contributed by atoms with van der Waals surface area (Å²) in [4.78, 5) is 0. The van der Waals surface area contributed by atoms with Crippen LogP contribution in [0.5, 0.6) is 11.5 Å². The first-order valence-electron chi connectivity index (χ1n) is 16.1. The SMILES string of the molecule is CCCCCCCC1CCC(COc2ccc(OCCCC3CCC(CCCCC)CC3)cc2)CC1. The maximum atomic E-state index is 6.15. The molecule has 0 spiro atoms. The highest BCUT2D eigenvalue weighted by atomic mass is 16.5. The highest BCUT2D eigenvalue weighted by molar-refractivity contribution is 5.31. The first-order valence-corrected chi connectivity index (χ1v) is 16.1. The average molecular weight is 499 g/mol. The molecule has 206 valence electrons. The Morgan fingerprint density at radius 1 is 0.500 bits per heavy atom. The molecule has 2 aliphatic carbocycles. The molecule has 1 aromatic carbocycles. The van der Waals surface area contributed by atoms with Gasteiger partial charge in [0.15, 0.2) is 0 Å². The smallest absolute Gasteiger partial charge is 0.119 e. The molecule has 2 saturated carbocycles. The van der Waals surface area contributed by atoms with Crippen LogP contribution in [-0.2, 0) is 0 Å². The van der Waals surface area contributed by atoms with Gasteiger partial charge in [-0.25, -0.2) is 0 Å². The standard InChI is InChI=1S/C34H58O2/c1-3-5-7-8-10-13-30-19-21-32(22-20-30)28-36-34-25-23-33(24-26-34)35-27-11-14-31-17-15-29(16-18-31)12-9-6-4-2/h23-26,29-32H,3-22,27-28H2,1-2H3. The zero-order valence-electron chi connectivity index (χ0n) is 24.0. The van der Waals surface area contributed by atoms with Crippen LogP contribution in [0.3, 0.4) is 0 Å². The Kier molecular flexibility index (Phi) is 14.8. The van der Waals surface area contributed by atoms with Crippen LogP contribution in [0.1, 0.15) is 142 Å². The Morgan fingerprint density at radius 3 is 1.47 bits per heavy atom. The molecule has 0 aliphatic heterocycles. The summed E-state index contributed by atoms with van der Waals surface area (Å²) in [6.07, 6.45) is 28.1. The fourth-order valence-corrected chi connectivity index (χ4v) is 6.62. The van der Waals surface area contributed by atoms with Crippen LogP contribution in [0, 0.1) is 23.7 Å². The van der Waals surface area contributed by atoms with E-state index in [-0.39, 0.29) is 0 Å². The van der Waals surface area contributed by atoms with Gasteiger partial charge in [0, 0.05) is 0 Å². The lowest BCUT2D eigenvalue weighted by Crippen LogP contribution is -2.20. The lowest BCUT2D eigenvalue weighted by atomic mass is 9.78. The zero-order valence-corrected chi connectivity index (χ0v) is 24.0. The van der Waals surface area contributed by atoms with Crippen LogP contribution in [0.15, 0.2) is 24.3 Å². The monoisotopic (exact) mass is 498 g/mol. The summed E-state index contributed by atoms with van der Waals surface area (Å²) < 4.78 is 12.2. The van der Waals surface area contributed by atoms with Crippen molar-refractivity contribution in [3.8, 4) is 11.5 Å². The summed E-state index contributed by atoms with van der Waals surface area (Å²) in [6.45, 7) is 6.33. The second-order valence-electron chi connectivity index (χ2n) is 12.2. The van der Waals surface area contributed by atoms with Gasteiger partial charge in [-0.1, -0.05) is 117 Å². The van der Waals surface area contributed by atoms with Crippen molar-refractivity contribution in [2.45, 2.75) is 142 Å². The van der Waals surface area contributed by atoms with Crippen LogP contribution in [0.25, 0.3) is 0 Å². The summed E-state index contributed by atoms with van der Waals surface area (Å²) in [6, 6.07) is 8.37. The van der Waals surface area contributed by atoms with Gasteiger partial charge in [0.2, 0.25) is 0 Å². The molecule has 0 bridgehead atoms. The fourth-order valence-electron chi connectivity index (χ4n) is 6.62. The zero-order chi connectivity index (χ0) is 25.3. The maximum Gasteiger partial charge on any atom is 0.119 e. The number of unbranched alkanes of at least 4 members (excludes halogenated alkanes) is 6. The third kappa shape index (κ3) is 11.9. The minimum atomic E-state index is 0.740. The van der Waals surface area contributed by atoms with Crippen molar-refractivity contribution in [3.63, 3.8) is 0 Å². The van der Waals surface area contributed by atoms with Crippen LogP contribution < -0.4 is 9.47 Å². The van der Waals surface area contributed by atoms with Gasteiger partial charge in [0.1, 0.15) is 11.5 Å². The van der Waals surface area contributed by atoms with Gasteiger partial charge >= 0.3 is 0 Å². The predicted octanol–water partition coefficient (Wildman–Crippen LogP) is 10.8. The summed E-state index contributed by atoms with van der Waals surface area (Å²) in [5.74, 6) is 5.66.